The maximum atomic E-state index is 14.2. The molecule has 0 atom stereocenters. The highest BCUT2D eigenvalue weighted by atomic mass is 16.5. The van der Waals surface area contributed by atoms with E-state index < -0.39 is 68.1 Å². The molecule has 70 heavy (non-hydrogen) atoms. The predicted octanol–water partition coefficient (Wildman–Crippen LogP) is 11.6. The van der Waals surface area contributed by atoms with Crippen LogP contribution in [0.25, 0.3) is 0 Å². The first kappa shape index (κ1) is 50.5. The van der Waals surface area contributed by atoms with Gasteiger partial charge in [-0.15, -0.1) is 0 Å². The molecule has 0 unspecified atom stereocenters. The molecule has 6 aromatic carbocycles. The van der Waals surface area contributed by atoms with Crippen molar-refractivity contribution >= 4 is 11.9 Å². The first-order chi connectivity index (χ1) is 32.3. The molecule has 8 bridgehead atoms. The molecular formula is C58H64O12. The summed E-state index contributed by atoms with van der Waals surface area (Å²) >= 11 is 0. The van der Waals surface area contributed by atoms with Crippen LogP contribution >= 0.6 is 0 Å². The number of esters is 2. The highest BCUT2D eigenvalue weighted by Gasteiger charge is 2.31. The molecule has 368 valence electrons. The Balaban J connectivity index is 1.58. The smallest absolute Gasteiger partial charge is 0.343 e. The van der Waals surface area contributed by atoms with Crippen LogP contribution in [0.15, 0.2) is 72.8 Å². The molecule has 12 nitrogen and oxygen atoms in total. The third-order valence-corrected chi connectivity index (χ3v) is 13.0. The molecule has 0 aliphatic heterocycles. The van der Waals surface area contributed by atoms with Gasteiger partial charge in [0, 0.05) is 47.9 Å². The van der Waals surface area contributed by atoms with Crippen LogP contribution in [-0.2, 0) is 47.3 Å². The maximum Gasteiger partial charge on any atom is 0.343 e. The van der Waals surface area contributed by atoms with E-state index in [1.54, 1.807) is 0 Å². The molecule has 1 aliphatic carbocycles. The molecule has 0 saturated heterocycles. The molecular weight excluding hydrogens is 889 g/mol. The molecule has 0 spiro atoms. The topological polar surface area (TPSA) is 214 Å². The number of hydrogen-bond donors (Lipinski definition) is 8. The Kier molecular flexibility index (Phi) is 12.9. The SMILES string of the molecule is CC(C)(C)c1cc2c(O)c(c1)Cc1cc(C(C)(C)C)cc(c1OC(=O)c1cc(O)c(O)c(O)c1)Cc1cc(C(C)(C)C)cc(c1O)Cc1cc(C(C)(C)C)cc(c1OC(=O)c1cc(O)c(O)c(O)c1)C2. The Morgan fingerprint density at radius 3 is 0.729 bits per heavy atom. The normalized spacial score (nSPS) is 13.2. The van der Waals surface area contributed by atoms with Crippen molar-refractivity contribution in [1.29, 1.82) is 0 Å². The van der Waals surface area contributed by atoms with Crippen LogP contribution in [0.4, 0.5) is 0 Å². The van der Waals surface area contributed by atoms with E-state index in [0.29, 0.717) is 44.5 Å². The summed E-state index contributed by atoms with van der Waals surface area (Å²) < 4.78 is 12.7. The Bertz CT molecular complexity index is 2740. The zero-order valence-electron chi connectivity index (χ0n) is 42.0. The van der Waals surface area contributed by atoms with Crippen LogP contribution in [0.2, 0.25) is 0 Å². The molecule has 0 amide bonds. The average Bonchev–Trinajstić information content (AvgIpc) is 3.24. The number of benzene rings is 6. The average molecular weight is 953 g/mol. The van der Waals surface area contributed by atoms with Gasteiger partial charge in [0.05, 0.1) is 11.1 Å². The van der Waals surface area contributed by atoms with Gasteiger partial charge >= 0.3 is 11.9 Å². The summed E-state index contributed by atoms with van der Waals surface area (Å²) in [5, 5.41) is 87.0. The molecule has 0 fully saturated rings. The molecule has 0 saturated carbocycles. The van der Waals surface area contributed by atoms with E-state index in [0.717, 1.165) is 46.5 Å². The van der Waals surface area contributed by atoms with Crippen LogP contribution in [0.5, 0.6) is 57.5 Å². The molecule has 6 aromatic rings. The first-order valence-electron chi connectivity index (χ1n) is 23.3. The quantitative estimate of drug-likeness (QED) is 0.0470. The van der Waals surface area contributed by atoms with Crippen molar-refractivity contribution < 1.29 is 59.9 Å². The van der Waals surface area contributed by atoms with E-state index in [-0.39, 0.29) is 59.8 Å². The first-order valence-corrected chi connectivity index (χ1v) is 23.3. The molecule has 8 N–H and O–H groups in total. The van der Waals surface area contributed by atoms with Crippen molar-refractivity contribution in [3.8, 4) is 57.5 Å². The number of ether oxygens (including phenoxy) is 2. The van der Waals surface area contributed by atoms with Gasteiger partial charge in [0.1, 0.15) is 23.0 Å². The van der Waals surface area contributed by atoms with Crippen molar-refractivity contribution in [2.24, 2.45) is 0 Å². The van der Waals surface area contributed by atoms with Gasteiger partial charge < -0.3 is 50.3 Å². The minimum atomic E-state index is -0.944. The van der Waals surface area contributed by atoms with Gasteiger partial charge in [-0.05, 0) is 90.4 Å². The molecule has 0 heterocycles. The summed E-state index contributed by atoms with van der Waals surface area (Å²) in [4.78, 5) is 28.4. The van der Waals surface area contributed by atoms with Gasteiger partial charge in [0.25, 0.3) is 0 Å². The summed E-state index contributed by atoms with van der Waals surface area (Å²) in [6.45, 7) is 24.6. The van der Waals surface area contributed by atoms with Gasteiger partial charge in [-0.2, -0.15) is 0 Å². The number of rotatable bonds is 4. The van der Waals surface area contributed by atoms with Crippen molar-refractivity contribution in [1.82, 2.24) is 0 Å². The molecule has 0 radical (unpaired) electrons. The zero-order chi connectivity index (χ0) is 51.7. The zero-order valence-corrected chi connectivity index (χ0v) is 42.0. The Morgan fingerprint density at radius 1 is 0.329 bits per heavy atom. The predicted molar refractivity (Wildman–Crippen MR) is 268 cm³/mol. The monoisotopic (exact) mass is 952 g/mol. The fourth-order valence-electron chi connectivity index (χ4n) is 8.66. The number of fused-ring (bicyclic) bond motifs is 8. The second kappa shape index (κ2) is 17.9. The van der Waals surface area contributed by atoms with E-state index in [4.69, 9.17) is 9.47 Å². The number of carbonyl (C=O) groups excluding carboxylic acids is 2. The number of carbonyl (C=O) groups is 2. The number of phenolic OH excluding ortho intramolecular Hbond substituents is 8. The molecule has 1 aliphatic rings. The number of hydrogen-bond acceptors (Lipinski definition) is 12. The van der Waals surface area contributed by atoms with Gasteiger partial charge in [-0.25, -0.2) is 9.59 Å². The Hall–Kier alpha value is -7.34. The lowest BCUT2D eigenvalue weighted by molar-refractivity contribution is 0.0721. The second-order valence-corrected chi connectivity index (χ2v) is 22.7. The maximum absolute atomic E-state index is 14.2. The second-order valence-electron chi connectivity index (χ2n) is 22.7. The lowest BCUT2D eigenvalue weighted by atomic mass is 9.79. The van der Waals surface area contributed by atoms with Crippen LogP contribution < -0.4 is 9.47 Å². The van der Waals surface area contributed by atoms with E-state index in [1.807, 2.05) is 90.1 Å². The van der Waals surface area contributed by atoms with Gasteiger partial charge in [0.15, 0.2) is 34.5 Å². The van der Waals surface area contributed by atoms with Crippen molar-refractivity contribution in [3.63, 3.8) is 0 Å². The van der Waals surface area contributed by atoms with Crippen molar-refractivity contribution in [2.45, 2.75) is 130 Å². The van der Waals surface area contributed by atoms with E-state index in [2.05, 4.69) is 41.5 Å². The fourth-order valence-corrected chi connectivity index (χ4v) is 8.66. The standard InChI is InChI=1S/C58H64O12/c1-55(2,3)39-17-29-13-33-21-41(57(7,8)9)23-35(51(33)69-53(67)37-25-43(59)49(65)44(60)26-37)15-31-19-40(56(4,5)6)20-32(48(31)64)16-36-24-42(58(10,11)12)22-34(14-30(18-39)47(29)63)52(36)70-54(68)38-27-45(61)50(66)46(62)28-38/h17-28,59-66H,13-16H2,1-12H3. The molecule has 12 heteroatoms. The summed E-state index contributed by atoms with van der Waals surface area (Å²) in [6, 6.07) is 19.4. The summed E-state index contributed by atoms with van der Waals surface area (Å²) in [7, 11) is 0. The van der Waals surface area contributed by atoms with Crippen LogP contribution in [0.1, 0.15) is 171 Å². The van der Waals surface area contributed by atoms with Crippen LogP contribution in [0.3, 0.4) is 0 Å². The lowest BCUT2D eigenvalue weighted by Crippen LogP contribution is -2.18. The van der Waals surface area contributed by atoms with E-state index in [1.165, 1.54) is 0 Å². The highest BCUT2D eigenvalue weighted by Crippen LogP contribution is 2.45. The van der Waals surface area contributed by atoms with Gasteiger partial charge in [0.2, 0.25) is 0 Å². The molecule has 7 rings (SSSR count). The van der Waals surface area contributed by atoms with Crippen LogP contribution in [-0.4, -0.2) is 52.8 Å². The van der Waals surface area contributed by atoms with Crippen molar-refractivity contribution in [3.05, 3.63) is 151 Å². The Morgan fingerprint density at radius 2 is 0.529 bits per heavy atom. The van der Waals surface area contributed by atoms with Gasteiger partial charge in [-0.3, -0.25) is 0 Å². The Labute approximate surface area is 409 Å². The van der Waals surface area contributed by atoms with Gasteiger partial charge in [-0.1, -0.05) is 132 Å². The third-order valence-electron chi connectivity index (χ3n) is 13.0. The van der Waals surface area contributed by atoms with Crippen LogP contribution in [0, 0.1) is 0 Å². The third kappa shape index (κ3) is 10.3. The largest absolute Gasteiger partial charge is 0.507 e. The minimum Gasteiger partial charge on any atom is -0.507 e. The fraction of sp³-hybridized carbons (Fsp3) is 0.345. The summed E-state index contributed by atoms with van der Waals surface area (Å²) in [6.07, 6.45) is 0.153. The van der Waals surface area contributed by atoms with E-state index in [9.17, 15) is 50.4 Å². The van der Waals surface area contributed by atoms with E-state index >= 15 is 0 Å². The summed E-state index contributed by atoms with van der Waals surface area (Å²) in [5.41, 5.74) is 5.25. The summed E-state index contributed by atoms with van der Waals surface area (Å²) in [5.74, 6) is -6.19. The van der Waals surface area contributed by atoms with Crippen molar-refractivity contribution in [2.75, 3.05) is 0 Å². The minimum absolute atomic E-state index is 0.0383. The number of phenols is 8. The number of aromatic hydroxyl groups is 8. The highest BCUT2D eigenvalue weighted by molar-refractivity contribution is 5.94. The molecule has 0 aromatic heterocycles. The lowest BCUT2D eigenvalue weighted by Gasteiger charge is -2.28.